The number of amides is 1. The van der Waals surface area contributed by atoms with Gasteiger partial charge in [0, 0.05) is 18.1 Å². The molecule has 0 aliphatic carbocycles. The molecule has 37 heavy (non-hydrogen) atoms. The number of halogens is 1. The number of anilines is 3. The Hall–Kier alpha value is -5.00. The van der Waals surface area contributed by atoms with E-state index in [-0.39, 0.29) is 17.6 Å². The minimum absolute atomic E-state index is 0.213. The van der Waals surface area contributed by atoms with Crippen molar-refractivity contribution in [3.05, 3.63) is 93.2 Å². The molecule has 0 radical (unpaired) electrons. The smallest absolute Gasteiger partial charge is 0.250 e. The average Bonchev–Trinajstić information content (AvgIpc) is 2.90. The van der Waals surface area contributed by atoms with E-state index < -0.39 is 5.91 Å². The monoisotopic (exact) mass is 556 g/mol. The van der Waals surface area contributed by atoms with Crippen molar-refractivity contribution < 1.29 is 9.53 Å². The first-order valence-corrected chi connectivity index (χ1v) is 11.5. The molecule has 4 aromatic rings. The zero-order valence-corrected chi connectivity index (χ0v) is 21.4. The Bertz CT molecular complexity index is 1490. The lowest BCUT2D eigenvalue weighted by atomic mass is 10.1. The fourth-order valence-electron chi connectivity index (χ4n) is 3.10. The Morgan fingerprint density at radius 2 is 1.68 bits per heavy atom. The molecule has 0 saturated carbocycles. The van der Waals surface area contributed by atoms with Gasteiger partial charge in [0.2, 0.25) is 17.7 Å². The van der Waals surface area contributed by atoms with Gasteiger partial charge in [-0.3, -0.25) is 9.78 Å². The number of nitrogens with one attached hydrogen (secondary N) is 1. The van der Waals surface area contributed by atoms with E-state index in [1.54, 1.807) is 54.7 Å². The minimum atomic E-state index is -0.442. The molecule has 0 aliphatic rings. The van der Waals surface area contributed by atoms with Crippen LogP contribution in [-0.4, -0.2) is 20.9 Å². The minimum Gasteiger partial charge on any atom is -0.437 e. The van der Waals surface area contributed by atoms with Gasteiger partial charge in [-0.1, -0.05) is 0 Å². The van der Waals surface area contributed by atoms with Crippen LogP contribution in [0.2, 0.25) is 0 Å². The first-order chi connectivity index (χ1) is 17.7. The van der Waals surface area contributed by atoms with Gasteiger partial charge in [-0.2, -0.15) is 20.5 Å². The third-order valence-electron chi connectivity index (χ3n) is 4.85. The van der Waals surface area contributed by atoms with Crippen LogP contribution in [0.3, 0.4) is 0 Å². The van der Waals surface area contributed by atoms with Crippen LogP contribution in [0.4, 0.5) is 17.5 Å². The number of aryl methyl sites for hydroxylation is 2. The lowest BCUT2D eigenvalue weighted by Gasteiger charge is -2.14. The molecule has 10 nitrogen and oxygen atoms in total. The van der Waals surface area contributed by atoms with Gasteiger partial charge in [0.15, 0.2) is 0 Å². The summed E-state index contributed by atoms with van der Waals surface area (Å²) in [6.07, 6.45) is 3.02. The number of nitrogen functional groups attached to an aromatic ring is 1. The highest BCUT2D eigenvalue weighted by atomic mass is 79.9. The number of hydrogen-bond acceptors (Lipinski definition) is 9. The average molecular weight is 557 g/mol. The molecule has 1 amide bonds. The third kappa shape index (κ3) is 7.01. The summed E-state index contributed by atoms with van der Waals surface area (Å²) >= 11 is 3.36. The molecule has 0 fully saturated rings. The number of pyridine rings is 1. The van der Waals surface area contributed by atoms with Crippen molar-refractivity contribution in [3.63, 3.8) is 0 Å². The molecule has 4 rings (SSSR count). The molecular weight excluding hydrogens is 536 g/mol. The number of carbonyl (C=O) groups excluding carboxylic acids is 1. The summed E-state index contributed by atoms with van der Waals surface area (Å²) in [4.78, 5) is 22.7. The second-order valence-corrected chi connectivity index (χ2v) is 8.42. The molecule has 0 bridgehead atoms. The molecule has 11 heteroatoms. The van der Waals surface area contributed by atoms with Crippen molar-refractivity contribution in [2.75, 3.05) is 11.1 Å². The largest absolute Gasteiger partial charge is 0.437 e. The second kappa shape index (κ2) is 12.1. The van der Waals surface area contributed by atoms with E-state index in [9.17, 15) is 4.79 Å². The molecular formula is C26H21BrN8O2. The van der Waals surface area contributed by atoms with Crippen molar-refractivity contribution in [1.29, 1.82) is 10.5 Å². The van der Waals surface area contributed by atoms with Crippen LogP contribution in [0.1, 0.15) is 32.6 Å². The number of carbonyl (C=O) groups is 1. The Balaban J connectivity index is 0.000000356. The number of benzene rings is 2. The van der Waals surface area contributed by atoms with Crippen molar-refractivity contribution in [3.8, 4) is 23.8 Å². The number of ether oxygens (including phenoxy) is 1. The lowest BCUT2D eigenvalue weighted by molar-refractivity contribution is 0.1000. The summed E-state index contributed by atoms with van der Waals surface area (Å²) in [6, 6.07) is 17.8. The fraction of sp³-hybridized carbons (Fsp3) is 0.0769. The fourth-order valence-corrected chi connectivity index (χ4v) is 3.36. The van der Waals surface area contributed by atoms with E-state index in [1.807, 2.05) is 13.8 Å². The lowest BCUT2D eigenvalue weighted by Crippen LogP contribution is -2.10. The summed E-state index contributed by atoms with van der Waals surface area (Å²) in [5.74, 6) is 0.874. The van der Waals surface area contributed by atoms with Crippen molar-refractivity contribution >= 4 is 39.3 Å². The van der Waals surface area contributed by atoms with Gasteiger partial charge in [-0.05, 0) is 89.4 Å². The van der Waals surface area contributed by atoms with E-state index in [0.717, 1.165) is 11.1 Å². The van der Waals surface area contributed by atoms with Gasteiger partial charge < -0.3 is 21.5 Å². The Morgan fingerprint density at radius 3 is 2.19 bits per heavy atom. The molecule has 0 atom stereocenters. The number of nitrogens with two attached hydrogens (primary N) is 2. The maximum absolute atomic E-state index is 10.4. The predicted octanol–water partition coefficient (Wildman–Crippen LogP) is 4.90. The van der Waals surface area contributed by atoms with Gasteiger partial charge >= 0.3 is 0 Å². The van der Waals surface area contributed by atoms with Crippen molar-refractivity contribution in [1.82, 2.24) is 15.0 Å². The summed E-state index contributed by atoms with van der Waals surface area (Å²) in [5.41, 5.74) is 14.8. The number of hydrogen-bond donors (Lipinski definition) is 3. The van der Waals surface area contributed by atoms with Crippen LogP contribution in [0.5, 0.6) is 11.6 Å². The van der Waals surface area contributed by atoms with Crippen LogP contribution in [0.15, 0.2) is 65.4 Å². The van der Waals surface area contributed by atoms with Gasteiger partial charge in [-0.15, -0.1) is 0 Å². The Labute approximate surface area is 221 Å². The van der Waals surface area contributed by atoms with Crippen LogP contribution >= 0.6 is 15.9 Å². The van der Waals surface area contributed by atoms with Crippen LogP contribution in [0, 0.1) is 36.5 Å². The van der Waals surface area contributed by atoms with E-state index in [4.69, 9.17) is 26.7 Å². The number of nitrogens with zero attached hydrogens (tertiary/aromatic N) is 5. The zero-order valence-electron chi connectivity index (χ0n) is 19.9. The van der Waals surface area contributed by atoms with Gasteiger partial charge in [-0.25, -0.2) is 0 Å². The number of primary amides is 1. The summed E-state index contributed by atoms with van der Waals surface area (Å²) in [7, 11) is 0. The number of aromatic nitrogens is 3. The molecule has 0 spiro atoms. The van der Waals surface area contributed by atoms with Crippen LogP contribution in [-0.2, 0) is 0 Å². The molecule has 2 heterocycles. The predicted molar refractivity (Wildman–Crippen MR) is 142 cm³/mol. The molecule has 2 aromatic heterocycles. The van der Waals surface area contributed by atoms with Crippen molar-refractivity contribution in [2.24, 2.45) is 5.73 Å². The standard InChI is InChI=1S/C20H15BrN6O.C6H6N2O/c1-11-7-14(10-23)8-12(2)17(11)28-19-16(21)18(24)26-20(27-19)25-15-5-3-13(9-22)4-6-15;7-6(9)5-2-1-3-8-4-5/h3-8H,1-2H3,(H3,24,25,26,27);1-4H,(H2,7,9). The molecule has 0 aliphatic heterocycles. The van der Waals surface area contributed by atoms with E-state index in [0.29, 0.717) is 32.6 Å². The summed E-state index contributed by atoms with van der Waals surface area (Å²) in [6.45, 7) is 3.72. The Kier molecular flexibility index (Phi) is 8.71. The van der Waals surface area contributed by atoms with E-state index in [2.05, 4.69) is 48.3 Å². The first-order valence-electron chi connectivity index (χ1n) is 10.7. The molecule has 184 valence electrons. The highest BCUT2D eigenvalue weighted by Crippen LogP contribution is 2.36. The molecule has 0 unspecified atom stereocenters. The quantitative estimate of drug-likeness (QED) is 0.308. The van der Waals surface area contributed by atoms with Gasteiger partial charge in [0.25, 0.3) is 0 Å². The molecule has 0 saturated heterocycles. The highest BCUT2D eigenvalue weighted by molar-refractivity contribution is 9.10. The van der Waals surface area contributed by atoms with Crippen LogP contribution < -0.4 is 21.5 Å². The summed E-state index contributed by atoms with van der Waals surface area (Å²) < 4.78 is 6.43. The number of rotatable bonds is 5. The molecule has 5 N–H and O–H groups in total. The molecule has 2 aromatic carbocycles. The second-order valence-electron chi connectivity index (χ2n) is 7.62. The normalized spacial score (nSPS) is 9.76. The van der Waals surface area contributed by atoms with Crippen molar-refractivity contribution in [2.45, 2.75) is 13.8 Å². The highest BCUT2D eigenvalue weighted by Gasteiger charge is 2.16. The van der Waals surface area contributed by atoms with E-state index >= 15 is 0 Å². The zero-order chi connectivity index (χ0) is 26.9. The Morgan fingerprint density at radius 1 is 1.03 bits per heavy atom. The first kappa shape index (κ1) is 26.6. The maximum Gasteiger partial charge on any atom is 0.250 e. The van der Waals surface area contributed by atoms with Gasteiger partial charge in [0.1, 0.15) is 16.0 Å². The van der Waals surface area contributed by atoms with Gasteiger partial charge in [0.05, 0.1) is 28.8 Å². The van der Waals surface area contributed by atoms with Crippen LogP contribution in [0.25, 0.3) is 0 Å². The summed E-state index contributed by atoms with van der Waals surface area (Å²) in [5, 5.41) is 21.0. The van der Waals surface area contributed by atoms with E-state index in [1.165, 1.54) is 6.20 Å². The maximum atomic E-state index is 10.4. The number of nitriles is 2. The topological polar surface area (TPSA) is 177 Å². The SMILES string of the molecule is Cc1cc(C#N)cc(C)c1Oc1nc(Nc2ccc(C#N)cc2)nc(N)c1Br.NC(=O)c1cccnc1. The third-order valence-corrected chi connectivity index (χ3v) is 5.60.